The Bertz CT molecular complexity index is 836. The van der Waals surface area contributed by atoms with Crippen LogP contribution in [0, 0.1) is 5.92 Å². The molecule has 2 bridgehead atoms. The van der Waals surface area contributed by atoms with Gasteiger partial charge in [-0.15, -0.1) is 11.3 Å². The van der Waals surface area contributed by atoms with Crippen LogP contribution in [-0.2, 0) is 4.74 Å². The maximum atomic E-state index is 12.4. The lowest BCUT2D eigenvalue weighted by Gasteiger charge is -2.28. The van der Waals surface area contributed by atoms with Crippen LogP contribution in [-0.4, -0.2) is 42.9 Å². The third-order valence-corrected chi connectivity index (χ3v) is 7.23. The second kappa shape index (κ2) is 7.37. The SMILES string of the molecule is O=C(Nc1ccc(-c2csc(N3CCOCC3)n2)cc1)NC12CCC(CC1)C2. The van der Waals surface area contributed by atoms with Gasteiger partial charge in [0.05, 0.1) is 18.9 Å². The van der Waals surface area contributed by atoms with Crippen molar-refractivity contribution < 1.29 is 9.53 Å². The lowest BCUT2D eigenvalue weighted by molar-refractivity contribution is 0.122. The molecule has 7 heteroatoms. The molecule has 2 aliphatic carbocycles. The number of urea groups is 1. The fraction of sp³-hybridized carbons (Fsp3) is 0.524. The van der Waals surface area contributed by atoms with Crippen molar-refractivity contribution in [2.45, 2.75) is 37.6 Å². The van der Waals surface area contributed by atoms with E-state index in [2.05, 4.69) is 20.9 Å². The Balaban J connectivity index is 1.21. The highest BCUT2D eigenvalue weighted by Crippen LogP contribution is 2.47. The average Bonchev–Trinajstić information content (AvgIpc) is 3.45. The fourth-order valence-corrected chi connectivity index (χ4v) is 5.68. The molecule has 2 N–H and O–H groups in total. The number of fused-ring (bicyclic) bond motifs is 2. The Morgan fingerprint density at radius 1 is 1.18 bits per heavy atom. The molecule has 1 aromatic carbocycles. The zero-order chi connectivity index (χ0) is 19.0. The zero-order valence-corrected chi connectivity index (χ0v) is 16.8. The van der Waals surface area contributed by atoms with Crippen LogP contribution in [0.2, 0.25) is 0 Å². The maximum Gasteiger partial charge on any atom is 0.319 e. The van der Waals surface area contributed by atoms with Gasteiger partial charge in [0.25, 0.3) is 0 Å². The van der Waals surface area contributed by atoms with Crippen molar-refractivity contribution >= 4 is 28.2 Å². The van der Waals surface area contributed by atoms with Crippen LogP contribution in [0.15, 0.2) is 29.6 Å². The minimum atomic E-state index is -0.0847. The number of nitrogens with one attached hydrogen (secondary N) is 2. The van der Waals surface area contributed by atoms with Gasteiger partial charge in [0.2, 0.25) is 0 Å². The van der Waals surface area contributed by atoms with Gasteiger partial charge in [-0.1, -0.05) is 12.1 Å². The van der Waals surface area contributed by atoms with Crippen LogP contribution in [0.3, 0.4) is 0 Å². The number of ether oxygens (including phenoxy) is 1. The number of morpholine rings is 1. The van der Waals surface area contributed by atoms with Crippen LogP contribution in [0.25, 0.3) is 11.3 Å². The predicted octanol–water partition coefficient (Wildman–Crippen LogP) is 4.10. The van der Waals surface area contributed by atoms with Gasteiger partial charge in [0.15, 0.2) is 5.13 Å². The summed E-state index contributed by atoms with van der Waals surface area (Å²) in [7, 11) is 0. The van der Waals surface area contributed by atoms with Gasteiger partial charge in [0, 0.05) is 35.3 Å². The van der Waals surface area contributed by atoms with Crippen molar-refractivity contribution in [3.05, 3.63) is 29.6 Å². The number of anilines is 2. The number of carbonyl (C=O) groups excluding carboxylic acids is 1. The summed E-state index contributed by atoms with van der Waals surface area (Å²) in [5, 5.41) is 9.37. The van der Waals surface area contributed by atoms with Crippen LogP contribution in [0.4, 0.5) is 15.6 Å². The summed E-state index contributed by atoms with van der Waals surface area (Å²) in [4.78, 5) is 19.5. The van der Waals surface area contributed by atoms with E-state index in [1.54, 1.807) is 11.3 Å². The number of amides is 2. The molecule has 2 amide bonds. The molecule has 0 radical (unpaired) electrons. The number of hydrogen-bond donors (Lipinski definition) is 2. The molecule has 0 unspecified atom stereocenters. The molecule has 1 saturated heterocycles. The van der Waals surface area contributed by atoms with Crippen molar-refractivity contribution in [3.63, 3.8) is 0 Å². The monoisotopic (exact) mass is 398 g/mol. The Hall–Kier alpha value is -2.12. The van der Waals surface area contributed by atoms with Gasteiger partial charge in [-0.25, -0.2) is 9.78 Å². The van der Waals surface area contributed by atoms with Crippen molar-refractivity contribution in [1.82, 2.24) is 10.3 Å². The Kier molecular flexibility index (Phi) is 4.72. The van der Waals surface area contributed by atoms with Crippen molar-refractivity contribution in [1.29, 1.82) is 0 Å². The molecular weight excluding hydrogens is 372 g/mol. The molecule has 1 aliphatic heterocycles. The summed E-state index contributed by atoms with van der Waals surface area (Å²) >= 11 is 1.67. The second-order valence-electron chi connectivity index (χ2n) is 8.20. The summed E-state index contributed by atoms with van der Waals surface area (Å²) in [5.74, 6) is 0.819. The van der Waals surface area contributed by atoms with E-state index in [9.17, 15) is 4.79 Å². The highest BCUT2D eigenvalue weighted by molar-refractivity contribution is 7.14. The summed E-state index contributed by atoms with van der Waals surface area (Å²) in [6, 6.07) is 7.86. The smallest absolute Gasteiger partial charge is 0.319 e. The first-order valence-electron chi connectivity index (χ1n) is 10.2. The normalized spacial score (nSPS) is 26.4. The quantitative estimate of drug-likeness (QED) is 0.814. The van der Waals surface area contributed by atoms with E-state index in [1.165, 1.54) is 12.8 Å². The van der Waals surface area contributed by atoms with Crippen LogP contribution < -0.4 is 15.5 Å². The summed E-state index contributed by atoms with van der Waals surface area (Å²) < 4.78 is 5.41. The first-order valence-corrected chi connectivity index (χ1v) is 11.0. The highest BCUT2D eigenvalue weighted by atomic mass is 32.1. The van der Waals surface area contributed by atoms with Gasteiger partial charge >= 0.3 is 6.03 Å². The number of thiazole rings is 1. The topological polar surface area (TPSA) is 66.5 Å². The van der Waals surface area contributed by atoms with Crippen molar-refractivity contribution in [2.24, 2.45) is 5.92 Å². The molecule has 5 rings (SSSR count). The van der Waals surface area contributed by atoms with E-state index in [-0.39, 0.29) is 11.6 Å². The van der Waals surface area contributed by atoms with Gasteiger partial charge in [0.1, 0.15) is 0 Å². The molecule has 3 aliphatic rings. The Morgan fingerprint density at radius 3 is 2.61 bits per heavy atom. The average molecular weight is 399 g/mol. The van der Waals surface area contributed by atoms with Crippen LogP contribution in [0.1, 0.15) is 32.1 Å². The third-order valence-electron chi connectivity index (χ3n) is 6.33. The predicted molar refractivity (Wildman–Crippen MR) is 112 cm³/mol. The number of aromatic nitrogens is 1. The lowest BCUT2D eigenvalue weighted by atomic mass is 9.94. The molecule has 2 saturated carbocycles. The van der Waals surface area contributed by atoms with E-state index in [1.807, 2.05) is 24.3 Å². The van der Waals surface area contributed by atoms with E-state index in [4.69, 9.17) is 9.72 Å². The minimum Gasteiger partial charge on any atom is -0.378 e. The largest absolute Gasteiger partial charge is 0.378 e. The lowest BCUT2D eigenvalue weighted by Crippen LogP contribution is -2.46. The molecule has 148 valence electrons. The molecule has 0 atom stereocenters. The molecule has 28 heavy (non-hydrogen) atoms. The molecule has 1 aromatic heterocycles. The zero-order valence-electron chi connectivity index (χ0n) is 15.9. The number of carbonyl (C=O) groups is 1. The Labute approximate surface area is 169 Å². The summed E-state index contributed by atoms with van der Waals surface area (Å²) in [5.41, 5.74) is 2.90. The minimum absolute atomic E-state index is 0.0468. The van der Waals surface area contributed by atoms with Gasteiger partial charge in [-0.2, -0.15) is 0 Å². The first kappa shape index (κ1) is 17.9. The molecule has 6 nitrogen and oxygen atoms in total. The second-order valence-corrected chi connectivity index (χ2v) is 9.04. The van der Waals surface area contributed by atoms with E-state index >= 15 is 0 Å². The van der Waals surface area contributed by atoms with Crippen molar-refractivity contribution in [3.8, 4) is 11.3 Å². The summed E-state index contributed by atoms with van der Waals surface area (Å²) in [6.45, 7) is 3.32. The van der Waals surface area contributed by atoms with Crippen LogP contribution >= 0.6 is 11.3 Å². The van der Waals surface area contributed by atoms with E-state index in [0.717, 1.165) is 73.6 Å². The van der Waals surface area contributed by atoms with Gasteiger partial charge in [-0.3, -0.25) is 0 Å². The standard InChI is InChI=1S/C21H26N4O2S/c26-19(24-21-7-5-15(13-21)6-8-21)22-17-3-1-16(2-4-17)18-14-28-20(23-18)25-9-11-27-12-10-25/h1-4,14-15H,5-13H2,(H2,22,24,26). The molecule has 0 spiro atoms. The van der Waals surface area contributed by atoms with E-state index in [0.29, 0.717) is 0 Å². The fourth-order valence-electron chi connectivity index (χ4n) is 4.79. The number of nitrogens with zero attached hydrogens (tertiary/aromatic N) is 2. The molecule has 2 aromatic rings. The molecule has 2 heterocycles. The van der Waals surface area contributed by atoms with E-state index < -0.39 is 0 Å². The van der Waals surface area contributed by atoms with Crippen molar-refractivity contribution in [2.75, 3.05) is 36.5 Å². The summed E-state index contributed by atoms with van der Waals surface area (Å²) in [6.07, 6.45) is 5.91. The maximum absolute atomic E-state index is 12.4. The third kappa shape index (κ3) is 3.61. The molecular formula is C21H26N4O2S. The Morgan fingerprint density at radius 2 is 1.93 bits per heavy atom. The first-order chi connectivity index (χ1) is 13.7. The number of hydrogen-bond acceptors (Lipinski definition) is 5. The number of rotatable bonds is 4. The van der Waals surface area contributed by atoms with Gasteiger partial charge < -0.3 is 20.3 Å². The van der Waals surface area contributed by atoms with Crippen LogP contribution in [0.5, 0.6) is 0 Å². The molecule has 3 fully saturated rings. The highest BCUT2D eigenvalue weighted by Gasteiger charge is 2.45. The number of benzene rings is 1. The van der Waals surface area contributed by atoms with Gasteiger partial charge in [-0.05, 0) is 50.2 Å².